The van der Waals surface area contributed by atoms with Gasteiger partial charge in [-0.3, -0.25) is 37.3 Å². The van der Waals surface area contributed by atoms with Gasteiger partial charge in [0.05, 0.1) is 26.4 Å². The maximum atomic E-state index is 13.1. The second kappa shape index (κ2) is 75.0. The first-order valence-corrected chi connectivity index (χ1v) is 45.9. The Balaban J connectivity index is 5.27. The Bertz CT molecular complexity index is 2070. The Hall–Kier alpha value is -2.46. The predicted octanol–water partition coefficient (Wildman–Crippen LogP) is 25.0. The Morgan fingerprint density at radius 2 is 0.544 bits per heavy atom. The van der Waals surface area contributed by atoms with Crippen molar-refractivity contribution in [1.29, 1.82) is 0 Å². The lowest BCUT2D eigenvalue weighted by molar-refractivity contribution is -0.161. The zero-order chi connectivity index (χ0) is 75.6. The van der Waals surface area contributed by atoms with Gasteiger partial charge in [-0.15, -0.1) is 0 Å². The number of rotatable bonds is 81. The van der Waals surface area contributed by atoms with E-state index in [0.29, 0.717) is 25.7 Å². The number of hydrogen-bond acceptors (Lipinski definition) is 15. The van der Waals surface area contributed by atoms with Crippen LogP contribution in [0.25, 0.3) is 0 Å². The zero-order valence-corrected chi connectivity index (χ0v) is 68.9. The molecule has 3 N–H and O–H groups in total. The van der Waals surface area contributed by atoms with Gasteiger partial charge in [0.2, 0.25) is 0 Å². The van der Waals surface area contributed by atoms with Gasteiger partial charge < -0.3 is 33.8 Å². The number of unbranched alkanes of at least 4 members (excludes halogenated alkanes) is 46. The monoisotopic (exact) mass is 1500 g/mol. The molecule has 0 aliphatic heterocycles. The number of hydrogen-bond donors (Lipinski definition) is 3. The lowest BCUT2D eigenvalue weighted by atomic mass is 9.99. The Morgan fingerprint density at radius 1 is 0.311 bits per heavy atom. The number of carbonyl (C=O) groups excluding carboxylic acids is 4. The van der Waals surface area contributed by atoms with Crippen LogP contribution in [0.5, 0.6) is 0 Å². The van der Waals surface area contributed by atoms with Gasteiger partial charge in [0.1, 0.15) is 19.3 Å². The van der Waals surface area contributed by atoms with E-state index < -0.39 is 97.5 Å². The summed E-state index contributed by atoms with van der Waals surface area (Å²) in [5.74, 6) is -0.489. The molecule has 4 unspecified atom stereocenters. The van der Waals surface area contributed by atoms with Crippen molar-refractivity contribution in [3.8, 4) is 0 Å². The van der Waals surface area contributed by atoms with Crippen LogP contribution < -0.4 is 0 Å². The summed E-state index contributed by atoms with van der Waals surface area (Å²) in [4.78, 5) is 73.1. The number of aliphatic hydroxyl groups excluding tert-OH is 1. The van der Waals surface area contributed by atoms with E-state index in [1.807, 2.05) is 0 Å². The van der Waals surface area contributed by atoms with Gasteiger partial charge in [0.15, 0.2) is 12.2 Å². The highest BCUT2D eigenvalue weighted by atomic mass is 31.2. The fourth-order valence-electron chi connectivity index (χ4n) is 12.5. The summed E-state index contributed by atoms with van der Waals surface area (Å²) in [5.41, 5.74) is 0. The molecule has 0 amide bonds. The molecule has 0 saturated carbocycles. The minimum absolute atomic E-state index is 0.102. The lowest BCUT2D eigenvalue weighted by Crippen LogP contribution is -2.30. The minimum Gasteiger partial charge on any atom is -0.462 e. The summed E-state index contributed by atoms with van der Waals surface area (Å²) in [5, 5.41) is 10.7. The Kier molecular flexibility index (Phi) is 73.2. The van der Waals surface area contributed by atoms with Crippen molar-refractivity contribution in [2.75, 3.05) is 39.6 Å². The maximum absolute atomic E-state index is 13.1. The third kappa shape index (κ3) is 74.8. The average molecular weight is 1500 g/mol. The Labute approximate surface area is 631 Å². The van der Waals surface area contributed by atoms with Crippen molar-refractivity contribution in [2.45, 2.75) is 439 Å². The molecule has 0 spiro atoms. The van der Waals surface area contributed by atoms with Gasteiger partial charge in [-0.25, -0.2) is 9.13 Å². The van der Waals surface area contributed by atoms with Crippen LogP contribution in [0.15, 0.2) is 24.3 Å². The van der Waals surface area contributed by atoms with E-state index in [9.17, 15) is 43.2 Å². The molecule has 7 atom stereocenters. The summed E-state index contributed by atoms with van der Waals surface area (Å²) in [6.07, 6.45) is 68.7. The molecular formula is C84H160O17P2. The first kappa shape index (κ1) is 101. The van der Waals surface area contributed by atoms with Gasteiger partial charge >= 0.3 is 39.5 Å². The molecule has 0 aromatic heterocycles. The zero-order valence-electron chi connectivity index (χ0n) is 67.1. The molecule has 19 heteroatoms. The van der Waals surface area contributed by atoms with Gasteiger partial charge in [0.25, 0.3) is 0 Å². The van der Waals surface area contributed by atoms with Gasteiger partial charge in [-0.2, -0.15) is 0 Å². The van der Waals surface area contributed by atoms with Crippen LogP contribution in [0, 0.1) is 11.8 Å². The second-order valence-corrected chi connectivity index (χ2v) is 32.9. The summed E-state index contributed by atoms with van der Waals surface area (Å²) in [6, 6.07) is 0. The van der Waals surface area contributed by atoms with Crippen molar-refractivity contribution in [1.82, 2.24) is 0 Å². The van der Waals surface area contributed by atoms with E-state index in [2.05, 4.69) is 65.8 Å². The van der Waals surface area contributed by atoms with Crippen molar-refractivity contribution in [2.24, 2.45) is 11.8 Å². The highest BCUT2D eigenvalue weighted by molar-refractivity contribution is 7.47. The van der Waals surface area contributed by atoms with E-state index in [1.165, 1.54) is 218 Å². The highest BCUT2D eigenvalue weighted by Crippen LogP contribution is 2.45. The standard InChI is InChI=1S/C84H160O17P2/c1-7-11-13-15-17-19-21-23-29-34-37-41-48-54-60-66-81(86)94-72-79(100-84(89)69-63-57-51-43-39-35-31-28-26-25-27-30-32-36-40-46-52-58-64-76(5)9-3)74-98-102(90,91)96-70-78(85)71-97-103(92,93)99-75-80(73-95-82(87)67-61-55-49-45-44-47-53-59-65-77(6)10-4)101-83(88)68-62-56-50-42-38-33-24-22-20-18-16-14-12-8-2/h19,21,23,29,76-80,85H,7-18,20,22,24-28,30-75H2,1-6H3,(H,90,91)(H,92,93)/b21-19-,29-23-/t76?,77?,78-,79-,80-/m1/s1. The topological polar surface area (TPSA) is 237 Å². The molecule has 0 saturated heterocycles. The molecule has 0 bridgehead atoms. The quantitative estimate of drug-likeness (QED) is 0.0169. The summed E-state index contributed by atoms with van der Waals surface area (Å²) in [6.45, 7) is 9.66. The van der Waals surface area contributed by atoms with Gasteiger partial charge in [-0.05, 0) is 63.2 Å². The molecule has 103 heavy (non-hydrogen) atoms. The number of allylic oxidation sites excluding steroid dienone is 4. The van der Waals surface area contributed by atoms with Crippen molar-refractivity contribution < 1.29 is 80.2 Å². The number of phosphoric ester groups is 2. The van der Waals surface area contributed by atoms with Crippen LogP contribution in [-0.4, -0.2) is 96.7 Å². The molecule has 0 radical (unpaired) electrons. The largest absolute Gasteiger partial charge is 0.472 e. The third-order valence-electron chi connectivity index (χ3n) is 19.8. The molecule has 0 aromatic carbocycles. The lowest BCUT2D eigenvalue weighted by Gasteiger charge is -2.21. The number of carbonyl (C=O) groups is 4. The summed E-state index contributed by atoms with van der Waals surface area (Å²) >= 11 is 0. The van der Waals surface area contributed by atoms with Crippen molar-refractivity contribution in [3.05, 3.63) is 24.3 Å². The minimum atomic E-state index is -4.97. The molecule has 0 aromatic rings. The molecule has 17 nitrogen and oxygen atoms in total. The van der Waals surface area contributed by atoms with Crippen LogP contribution in [0.2, 0.25) is 0 Å². The predicted molar refractivity (Wildman–Crippen MR) is 423 cm³/mol. The van der Waals surface area contributed by atoms with Crippen LogP contribution in [0.4, 0.5) is 0 Å². The fourth-order valence-corrected chi connectivity index (χ4v) is 14.0. The smallest absolute Gasteiger partial charge is 0.462 e. The number of ether oxygens (including phenoxy) is 4. The number of esters is 4. The number of phosphoric acid groups is 2. The fraction of sp³-hybridized carbons (Fsp3) is 0.905. The second-order valence-electron chi connectivity index (χ2n) is 30.0. The van der Waals surface area contributed by atoms with Gasteiger partial charge in [-0.1, -0.05) is 368 Å². The summed E-state index contributed by atoms with van der Waals surface area (Å²) in [7, 11) is -9.94. The normalized spacial score (nSPS) is 14.5. The maximum Gasteiger partial charge on any atom is 0.472 e. The van der Waals surface area contributed by atoms with E-state index in [0.717, 1.165) is 121 Å². The molecule has 0 heterocycles. The van der Waals surface area contributed by atoms with Crippen LogP contribution in [0.1, 0.15) is 420 Å². The molecule has 0 aliphatic rings. The third-order valence-corrected chi connectivity index (χ3v) is 21.7. The van der Waals surface area contributed by atoms with Crippen LogP contribution in [-0.2, 0) is 65.4 Å². The first-order valence-electron chi connectivity index (χ1n) is 42.9. The van der Waals surface area contributed by atoms with Crippen molar-refractivity contribution >= 4 is 39.5 Å². The SMILES string of the molecule is CCCCCC/C=C\C=C/CCCCCCCC(=O)OC[C@H](COP(=O)(O)OC[C@@H](O)COP(=O)(O)OC[C@@H](COC(=O)CCCCCCCCCCC(C)CC)OC(=O)CCCCCCCCCCCCCCCC)OC(=O)CCCCCCCCCCCCCCCCCCCCC(C)CC. The van der Waals surface area contributed by atoms with E-state index in [1.54, 1.807) is 0 Å². The van der Waals surface area contributed by atoms with E-state index in [-0.39, 0.29) is 25.7 Å². The van der Waals surface area contributed by atoms with Crippen LogP contribution >= 0.6 is 15.6 Å². The van der Waals surface area contributed by atoms with E-state index in [4.69, 9.17) is 37.0 Å². The molecule has 608 valence electrons. The van der Waals surface area contributed by atoms with Crippen molar-refractivity contribution in [3.63, 3.8) is 0 Å². The molecule has 0 aliphatic carbocycles. The number of aliphatic hydroxyl groups is 1. The van der Waals surface area contributed by atoms with Crippen LogP contribution in [0.3, 0.4) is 0 Å². The average Bonchev–Trinajstić information content (AvgIpc) is 0.936. The summed E-state index contributed by atoms with van der Waals surface area (Å²) < 4.78 is 68.8. The molecular weight excluding hydrogens is 1340 g/mol. The molecule has 0 rings (SSSR count). The first-order chi connectivity index (χ1) is 49.9. The highest BCUT2D eigenvalue weighted by Gasteiger charge is 2.30. The Morgan fingerprint density at radius 3 is 0.825 bits per heavy atom. The molecule has 0 fully saturated rings. The van der Waals surface area contributed by atoms with E-state index >= 15 is 0 Å². The van der Waals surface area contributed by atoms with Gasteiger partial charge in [0, 0.05) is 25.7 Å².